The van der Waals surface area contributed by atoms with E-state index in [1.807, 2.05) is 6.07 Å². The van der Waals surface area contributed by atoms with Crippen LogP contribution in [-0.4, -0.2) is 15.9 Å². The minimum absolute atomic E-state index is 0.0684. The summed E-state index contributed by atoms with van der Waals surface area (Å²) in [6, 6.07) is 10.6. The van der Waals surface area contributed by atoms with Gasteiger partial charge in [0.15, 0.2) is 17.5 Å². The van der Waals surface area contributed by atoms with Crippen molar-refractivity contribution >= 4 is 23.2 Å². The van der Waals surface area contributed by atoms with Gasteiger partial charge in [-0.3, -0.25) is 4.79 Å². The molecule has 0 saturated heterocycles. The Morgan fingerprint density at radius 3 is 2.24 bits per heavy atom. The first kappa shape index (κ1) is 16.4. The summed E-state index contributed by atoms with van der Waals surface area (Å²) < 4.78 is 39.7. The predicted octanol–water partition coefficient (Wildman–Crippen LogP) is 3.89. The van der Waals surface area contributed by atoms with Crippen LogP contribution in [0.5, 0.6) is 0 Å². The third-order valence-electron chi connectivity index (χ3n) is 3.23. The summed E-state index contributed by atoms with van der Waals surface area (Å²) in [7, 11) is 0. The Bertz CT molecular complexity index is 902. The summed E-state index contributed by atoms with van der Waals surface area (Å²) in [6.07, 6.45) is 2.46. The van der Waals surface area contributed by atoms with Crippen molar-refractivity contribution in [3.8, 4) is 0 Å². The molecule has 0 atom stereocenters. The average Bonchev–Trinajstić information content (AvgIpc) is 2.63. The smallest absolute Gasteiger partial charge is 0.258 e. The number of halogens is 3. The minimum Gasteiger partial charge on any atom is -0.322 e. The molecule has 0 aliphatic carbocycles. The van der Waals surface area contributed by atoms with Crippen LogP contribution in [0, 0.1) is 17.5 Å². The second-order valence-electron chi connectivity index (χ2n) is 4.96. The van der Waals surface area contributed by atoms with Crippen molar-refractivity contribution in [1.29, 1.82) is 0 Å². The lowest BCUT2D eigenvalue weighted by molar-refractivity contribution is 0.102. The number of hydrogen-bond donors (Lipinski definition) is 2. The third-order valence-corrected chi connectivity index (χ3v) is 3.23. The number of hydrogen-bond acceptors (Lipinski definition) is 4. The van der Waals surface area contributed by atoms with E-state index in [1.54, 1.807) is 24.3 Å². The lowest BCUT2D eigenvalue weighted by Crippen LogP contribution is -2.13. The molecule has 3 rings (SSSR count). The molecule has 0 aliphatic heterocycles. The molecule has 3 aromatic rings. The Kier molecular flexibility index (Phi) is 4.60. The van der Waals surface area contributed by atoms with E-state index in [4.69, 9.17) is 0 Å². The van der Waals surface area contributed by atoms with Crippen molar-refractivity contribution < 1.29 is 18.0 Å². The quantitative estimate of drug-likeness (QED) is 0.705. The molecule has 0 bridgehead atoms. The average molecular weight is 344 g/mol. The zero-order valence-corrected chi connectivity index (χ0v) is 12.6. The molecule has 1 heterocycles. The SMILES string of the molecule is O=C(Nc1ccccc1)c1cnc(Nc2ccc(F)c(F)c2F)nc1. The fraction of sp³-hybridized carbons (Fsp3) is 0. The maximum atomic E-state index is 13.6. The molecular weight excluding hydrogens is 333 g/mol. The van der Waals surface area contributed by atoms with Crippen LogP contribution in [-0.2, 0) is 0 Å². The molecule has 5 nitrogen and oxygen atoms in total. The van der Waals surface area contributed by atoms with Crippen LogP contribution < -0.4 is 10.6 Å². The van der Waals surface area contributed by atoms with E-state index in [-0.39, 0.29) is 17.2 Å². The van der Waals surface area contributed by atoms with Crippen LogP contribution >= 0.6 is 0 Å². The highest BCUT2D eigenvalue weighted by atomic mass is 19.2. The molecule has 8 heteroatoms. The lowest BCUT2D eigenvalue weighted by atomic mass is 10.2. The van der Waals surface area contributed by atoms with E-state index in [1.165, 1.54) is 12.4 Å². The van der Waals surface area contributed by atoms with Gasteiger partial charge in [0.25, 0.3) is 5.91 Å². The summed E-state index contributed by atoms with van der Waals surface area (Å²) in [5.41, 5.74) is 0.471. The Morgan fingerprint density at radius 1 is 0.880 bits per heavy atom. The van der Waals surface area contributed by atoms with Crippen LogP contribution in [0.2, 0.25) is 0 Å². The molecule has 2 aromatic carbocycles. The van der Waals surface area contributed by atoms with Gasteiger partial charge in [0.05, 0.1) is 11.3 Å². The number of amides is 1. The summed E-state index contributed by atoms with van der Waals surface area (Å²) in [4.78, 5) is 19.8. The van der Waals surface area contributed by atoms with Gasteiger partial charge in [-0.05, 0) is 24.3 Å². The molecule has 0 radical (unpaired) electrons. The predicted molar refractivity (Wildman–Crippen MR) is 86.0 cm³/mol. The van der Waals surface area contributed by atoms with Crippen molar-refractivity contribution in [2.24, 2.45) is 0 Å². The number of aromatic nitrogens is 2. The minimum atomic E-state index is -1.59. The number of benzene rings is 2. The summed E-state index contributed by atoms with van der Waals surface area (Å²) in [5, 5.41) is 5.08. The van der Waals surface area contributed by atoms with Crippen LogP contribution in [0.15, 0.2) is 54.9 Å². The molecule has 0 spiro atoms. The monoisotopic (exact) mass is 344 g/mol. The number of rotatable bonds is 4. The second-order valence-corrected chi connectivity index (χ2v) is 4.96. The summed E-state index contributed by atoms with van der Waals surface area (Å²) in [5.74, 6) is -4.76. The lowest BCUT2D eigenvalue weighted by Gasteiger charge is -2.08. The van der Waals surface area contributed by atoms with E-state index < -0.39 is 23.4 Å². The van der Waals surface area contributed by atoms with E-state index in [0.717, 1.165) is 12.1 Å². The van der Waals surface area contributed by atoms with Gasteiger partial charge in [-0.1, -0.05) is 18.2 Å². The van der Waals surface area contributed by atoms with Gasteiger partial charge < -0.3 is 10.6 Å². The molecule has 1 aromatic heterocycles. The number of nitrogens with zero attached hydrogens (tertiary/aromatic N) is 2. The zero-order chi connectivity index (χ0) is 17.8. The first-order valence-electron chi connectivity index (χ1n) is 7.13. The highest BCUT2D eigenvalue weighted by molar-refractivity contribution is 6.03. The van der Waals surface area contributed by atoms with Gasteiger partial charge in [-0.15, -0.1) is 0 Å². The summed E-state index contributed by atoms with van der Waals surface area (Å²) in [6.45, 7) is 0. The first-order valence-corrected chi connectivity index (χ1v) is 7.13. The summed E-state index contributed by atoms with van der Waals surface area (Å²) >= 11 is 0. The molecule has 25 heavy (non-hydrogen) atoms. The molecule has 1 amide bonds. The van der Waals surface area contributed by atoms with Crippen LogP contribution in [0.25, 0.3) is 0 Å². The maximum absolute atomic E-state index is 13.6. The molecule has 0 unspecified atom stereocenters. The number of nitrogens with one attached hydrogen (secondary N) is 2. The number of anilines is 3. The van der Waals surface area contributed by atoms with Gasteiger partial charge in [-0.2, -0.15) is 0 Å². The van der Waals surface area contributed by atoms with Gasteiger partial charge in [0.2, 0.25) is 5.95 Å². The van der Waals surface area contributed by atoms with E-state index in [9.17, 15) is 18.0 Å². The fourth-order valence-corrected chi connectivity index (χ4v) is 1.98. The highest BCUT2D eigenvalue weighted by Crippen LogP contribution is 2.21. The van der Waals surface area contributed by atoms with Crippen LogP contribution in [0.4, 0.5) is 30.5 Å². The molecule has 126 valence electrons. The van der Waals surface area contributed by atoms with Crippen molar-refractivity contribution in [2.45, 2.75) is 0 Å². The van der Waals surface area contributed by atoms with Gasteiger partial charge in [-0.25, -0.2) is 23.1 Å². The highest BCUT2D eigenvalue weighted by Gasteiger charge is 2.14. The van der Waals surface area contributed by atoms with E-state index >= 15 is 0 Å². The van der Waals surface area contributed by atoms with Crippen molar-refractivity contribution in [3.05, 3.63) is 77.9 Å². The first-order chi connectivity index (χ1) is 12.0. The van der Waals surface area contributed by atoms with Crippen molar-refractivity contribution in [1.82, 2.24) is 9.97 Å². The van der Waals surface area contributed by atoms with Gasteiger partial charge >= 0.3 is 0 Å². The fourth-order valence-electron chi connectivity index (χ4n) is 1.98. The maximum Gasteiger partial charge on any atom is 0.258 e. The molecule has 0 aliphatic rings. The Balaban J connectivity index is 1.72. The third kappa shape index (κ3) is 3.74. The number of para-hydroxylation sites is 1. The molecule has 2 N–H and O–H groups in total. The standard InChI is InChI=1S/C17H11F3N4O/c18-12-6-7-13(15(20)14(12)19)24-17-21-8-10(9-22-17)16(25)23-11-4-2-1-3-5-11/h1-9H,(H,23,25)(H,21,22,24). The second kappa shape index (κ2) is 7.00. The van der Waals surface area contributed by atoms with Crippen LogP contribution in [0.3, 0.4) is 0 Å². The van der Waals surface area contributed by atoms with Gasteiger partial charge in [0, 0.05) is 18.1 Å². The largest absolute Gasteiger partial charge is 0.322 e. The zero-order valence-electron chi connectivity index (χ0n) is 12.6. The molecule has 0 saturated carbocycles. The Morgan fingerprint density at radius 2 is 1.56 bits per heavy atom. The van der Waals surface area contributed by atoms with E-state index in [2.05, 4.69) is 20.6 Å². The Labute approximate surface area is 140 Å². The molecular formula is C17H11F3N4O. The van der Waals surface area contributed by atoms with Crippen molar-refractivity contribution in [3.63, 3.8) is 0 Å². The Hall–Kier alpha value is -3.42. The van der Waals surface area contributed by atoms with Crippen molar-refractivity contribution in [2.75, 3.05) is 10.6 Å². The number of carbonyl (C=O) groups is 1. The van der Waals surface area contributed by atoms with Gasteiger partial charge in [0.1, 0.15) is 0 Å². The number of carbonyl (C=O) groups excluding carboxylic acids is 1. The van der Waals surface area contributed by atoms with E-state index in [0.29, 0.717) is 5.69 Å². The topological polar surface area (TPSA) is 66.9 Å². The normalized spacial score (nSPS) is 10.4. The van der Waals surface area contributed by atoms with Crippen LogP contribution in [0.1, 0.15) is 10.4 Å². The molecule has 0 fully saturated rings.